The second kappa shape index (κ2) is 4.79. The normalized spacial score (nSPS) is 15.1. The maximum Gasteiger partial charge on any atom is 0.124 e. The zero-order chi connectivity index (χ0) is 14.4. The quantitative estimate of drug-likeness (QED) is 0.710. The molecule has 1 fully saturated rings. The lowest BCUT2D eigenvalue weighted by atomic mass is 10.1. The van der Waals surface area contributed by atoms with E-state index in [9.17, 15) is 4.39 Å². The van der Waals surface area contributed by atoms with Gasteiger partial charge in [0.25, 0.3) is 0 Å². The van der Waals surface area contributed by atoms with Crippen LogP contribution < -0.4 is 0 Å². The van der Waals surface area contributed by atoms with Gasteiger partial charge in [-0.25, -0.2) is 4.39 Å². The van der Waals surface area contributed by atoms with Gasteiger partial charge in [0.15, 0.2) is 0 Å². The fourth-order valence-electron chi connectivity index (χ4n) is 2.99. The van der Waals surface area contributed by atoms with E-state index >= 15 is 0 Å². The summed E-state index contributed by atoms with van der Waals surface area (Å²) in [5.74, 6) is 0.346. The number of fused-ring (bicyclic) bond motifs is 3. The third kappa shape index (κ3) is 2.09. The highest BCUT2D eigenvalue weighted by Crippen LogP contribution is 2.43. The van der Waals surface area contributed by atoms with E-state index in [1.165, 1.54) is 18.9 Å². The van der Waals surface area contributed by atoms with Crippen molar-refractivity contribution < 1.29 is 4.39 Å². The maximum absolute atomic E-state index is 13.7. The number of rotatable bonds is 4. The Morgan fingerprint density at radius 2 is 2.14 bits per heavy atom. The largest absolute Gasteiger partial charge is 0.264 e. The highest BCUT2D eigenvalue weighted by atomic mass is 19.1. The van der Waals surface area contributed by atoms with Crippen molar-refractivity contribution in [3.8, 4) is 0 Å². The van der Waals surface area contributed by atoms with E-state index in [4.69, 9.17) is 4.98 Å². The molecule has 108 valence electrons. The highest BCUT2D eigenvalue weighted by Gasteiger charge is 2.28. The number of pyridine rings is 1. The minimum Gasteiger partial charge on any atom is -0.264 e. The number of benzene rings is 1. The molecule has 0 N–H and O–H groups in total. The molecule has 1 saturated carbocycles. The molecule has 1 aliphatic rings. The van der Waals surface area contributed by atoms with Crippen molar-refractivity contribution in [2.24, 2.45) is 0 Å². The zero-order valence-electron chi connectivity index (χ0n) is 12.1. The lowest BCUT2D eigenvalue weighted by Gasteiger charge is -2.08. The first-order valence-corrected chi connectivity index (χ1v) is 7.72. The lowest BCUT2D eigenvalue weighted by molar-refractivity contribution is 0.589. The van der Waals surface area contributed by atoms with Crippen LogP contribution in [0.4, 0.5) is 4.39 Å². The molecule has 0 spiro atoms. The summed E-state index contributed by atoms with van der Waals surface area (Å²) in [5.41, 5.74) is 3.07. The van der Waals surface area contributed by atoms with Crippen LogP contribution in [0.3, 0.4) is 0 Å². The van der Waals surface area contributed by atoms with Crippen LogP contribution in [0.25, 0.3) is 21.8 Å². The molecule has 0 radical (unpaired) electrons. The molecule has 21 heavy (non-hydrogen) atoms. The molecule has 0 unspecified atom stereocenters. The van der Waals surface area contributed by atoms with E-state index < -0.39 is 0 Å². The predicted octanol–water partition coefficient (Wildman–Crippen LogP) is 4.40. The number of unbranched alkanes of at least 4 members (excludes halogenated alkanes) is 1. The molecule has 2 aromatic heterocycles. The topological polar surface area (TPSA) is 30.7 Å². The summed E-state index contributed by atoms with van der Waals surface area (Å²) >= 11 is 0. The summed E-state index contributed by atoms with van der Waals surface area (Å²) < 4.78 is 15.7. The van der Waals surface area contributed by atoms with Crippen LogP contribution in [0.2, 0.25) is 0 Å². The Morgan fingerprint density at radius 1 is 1.29 bits per heavy atom. The standard InChI is InChI=1S/C17H18FN3/c1-2-3-8-21-17-13-9-12(18)6-7-15(13)20-16(11-4-5-11)14(17)10-19-21/h6-7,9-11H,2-5,8H2,1H3. The van der Waals surface area contributed by atoms with E-state index in [0.717, 1.165) is 46.9 Å². The summed E-state index contributed by atoms with van der Waals surface area (Å²) in [6.07, 6.45) is 6.52. The van der Waals surface area contributed by atoms with Crippen molar-refractivity contribution >= 4 is 21.8 Å². The monoisotopic (exact) mass is 283 g/mol. The first-order valence-electron chi connectivity index (χ1n) is 7.72. The van der Waals surface area contributed by atoms with Gasteiger partial charge < -0.3 is 0 Å². The van der Waals surface area contributed by atoms with Gasteiger partial charge in [-0.05, 0) is 37.5 Å². The van der Waals surface area contributed by atoms with Gasteiger partial charge in [-0.3, -0.25) is 9.67 Å². The minimum absolute atomic E-state index is 0.215. The Balaban J connectivity index is 2.03. The number of hydrogen-bond acceptors (Lipinski definition) is 2. The second-order valence-corrected chi connectivity index (χ2v) is 5.92. The summed E-state index contributed by atoms with van der Waals surface area (Å²) in [6, 6.07) is 4.86. The minimum atomic E-state index is -0.215. The number of aryl methyl sites for hydroxylation is 1. The molecule has 2 heterocycles. The van der Waals surface area contributed by atoms with Gasteiger partial charge in [-0.1, -0.05) is 13.3 Å². The number of halogens is 1. The second-order valence-electron chi connectivity index (χ2n) is 5.92. The van der Waals surface area contributed by atoms with Gasteiger partial charge in [-0.2, -0.15) is 5.10 Å². The van der Waals surface area contributed by atoms with Gasteiger partial charge in [-0.15, -0.1) is 0 Å². The van der Waals surface area contributed by atoms with E-state index in [1.54, 1.807) is 12.1 Å². The number of aromatic nitrogens is 3. The van der Waals surface area contributed by atoms with Gasteiger partial charge in [0.05, 0.1) is 22.9 Å². The van der Waals surface area contributed by atoms with E-state index in [1.807, 2.05) is 10.9 Å². The Hall–Kier alpha value is -1.97. The fraction of sp³-hybridized carbons (Fsp3) is 0.412. The van der Waals surface area contributed by atoms with Crippen LogP contribution in [-0.4, -0.2) is 14.8 Å². The average Bonchev–Trinajstić information content (AvgIpc) is 3.24. The number of hydrogen-bond donors (Lipinski definition) is 0. The number of nitrogens with zero attached hydrogens (tertiary/aromatic N) is 3. The van der Waals surface area contributed by atoms with Crippen LogP contribution in [0, 0.1) is 5.82 Å². The van der Waals surface area contributed by atoms with Gasteiger partial charge in [0, 0.05) is 23.2 Å². The van der Waals surface area contributed by atoms with Crippen LogP contribution in [0.1, 0.15) is 44.2 Å². The molecular weight excluding hydrogens is 265 g/mol. The Kier molecular flexibility index (Phi) is 2.91. The van der Waals surface area contributed by atoms with Crippen LogP contribution in [0.5, 0.6) is 0 Å². The maximum atomic E-state index is 13.7. The molecule has 1 aromatic carbocycles. The molecule has 0 aliphatic heterocycles. The Bertz CT molecular complexity index is 818. The molecule has 1 aliphatic carbocycles. The fourth-order valence-corrected chi connectivity index (χ4v) is 2.99. The molecule has 0 bridgehead atoms. The van der Waals surface area contributed by atoms with E-state index in [-0.39, 0.29) is 5.82 Å². The highest BCUT2D eigenvalue weighted by molar-refractivity contribution is 6.04. The van der Waals surface area contributed by atoms with Crippen molar-refractivity contribution in [2.45, 2.75) is 45.1 Å². The van der Waals surface area contributed by atoms with Crippen molar-refractivity contribution in [3.05, 3.63) is 35.9 Å². The van der Waals surface area contributed by atoms with Crippen LogP contribution >= 0.6 is 0 Å². The smallest absolute Gasteiger partial charge is 0.124 e. The first-order chi connectivity index (χ1) is 10.3. The average molecular weight is 283 g/mol. The van der Waals surface area contributed by atoms with Crippen molar-refractivity contribution in [3.63, 3.8) is 0 Å². The molecule has 0 saturated heterocycles. The lowest BCUT2D eigenvalue weighted by Crippen LogP contribution is -2.01. The SMILES string of the molecule is CCCCn1ncc2c(C3CC3)nc3ccc(F)cc3c21. The van der Waals surface area contributed by atoms with Gasteiger partial charge in [0.1, 0.15) is 5.82 Å². The summed E-state index contributed by atoms with van der Waals surface area (Å²) in [6.45, 7) is 3.04. The summed E-state index contributed by atoms with van der Waals surface area (Å²) in [4.78, 5) is 4.78. The summed E-state index contributed by atoms with van der Waals surface area (Å²) in [7, 11) is 0. The van der Waals surface area contributed by atoms with E-state index in [2.05, 4.69) is 12.0 Å². The summed E-state index contributed by atoms with van der Waals surface area (Å²) in [5, 5.41) is 6.52. The molecule has 0 atom stereocenters. The van der Waals surface area contributed by atoms with Crippen LogP contribution in [0.15, 0.2) is 24.4 Å². The molecule has 3 nitrogen and oxygen atoms in total. The molecule has 0 amide bonds. The third-order valence-corrected chi connectivity index (χ3v) is 4.26. The molecular formula is C17H18FN3. The first kappa shape index (κ1) is 12.7. The Labute approximate surface area is 122 Å². The third-order valence-electron chi connectivity index (χ3n) is 4.26. The molecule has 3 aromatic rings. The van der Waals surface area contributed by atoms with Crippen molar-refractivity contribution in [1.82, 2.24) is 14.8 Å². The van der Waals surface area contributed by atoms with Crippen LogP contribution in [-0.2, 0) is 6.54 Å². The van der Waals surface area contributed by atoms with Gasteiger partial charge >= 0.3 is 0 Å². The Morgan fingerprint density at radius 3 is 2.90 bits per heavy atom. The van der Waals surface area contributed by atoms with E-state index in [0.29, 0.717) is 5.92 Å². The van der Waals surface area contributed by atoms with Crippen molar-refractivity contribution in [1.29, 1.82) is 0 Å². The predicted molar refractivity (Wildman–Crippen MR) is 81.9 cm³/mol. The molecule has 4 rings (SSSR count). The zero-order valence-corrected chi connectivity index (χ0v) is 12.1. The van der Waals surface area contributed by atoms with Crippen molar-refractivity contribution in [2.75, 3.05) is 0 Å². The molecule has 4 heteroatoms. The van der Waals surface area contributed by atoms with Gasteiger partial charge in [0.2, 0.25) is 0 Å².